The van der Waals surface area contributed by atoms with E-state index in [1.807, 2.05) is 18.2 Å². The number of nitrogens with two attached hydrogens (primary N) is 1. The summed E-state index contributed by atoms with van der Waals surface area (Å²) in [4.78, 5) is 0. The molecular weight excluding hydrogens is 302 g/mol. The molecule has 130 valence electrons. The Labute approximate surface area is 142 Å². The molecule has 4 heteroatoms. The first-order valence-electron chi connectivity index (χ1n) is 8.72. The first-order chi connectivity index (χ1) is 10.7. The van der Waals surface area contributed by atoms with E-state index in [4.69, 9.17) is 14.9 Å². The number of hydrogen-bond acceptors (Lipinski definition) is 3. The maximum atomic E-state index is 6.37. The minimum absolute atomic E-state index is 0.262. The topological polar surface area (TPSA) is 44.5 Å². The number of rotatable bonds is 7. The van der Waals surface area contributed by atoms with Gasteiger partial charge in [0.2, 0.25) is 0 Å². The summed E-state index contributed by atoms with van der Waals surface area (Å²) in [5.74, 6) is 0.985. The van der Waals surface area contributed by atoms with Crippen LogP contribution in [0.5, 0.6) is 0 Å². The van der Waals surface area contributed by atoms with Gasteiger partial charge in [0.05, 0.1) is 13.2 Å². The minimum atomic E-state index is -1.67. The van der Waals surface area contributed by atoms with Crippen molar-refractivity contribution in [3.63, 3.8) is 0 Å². The molecule has 1 aliphatic carbocycles. The maximum absolute atomic E-state index is 6.37. The minimum Gasteiger partial charge on any atom is -0.417 e. The molecule has 2 rings (SSSR count). The normalized spacial score (nSPS) is 25.2. The Kier molecular flexibility index (Phi) is 6.06. The van der Waals surface area contributed by atoms with Crippen LogP contribution in [0.15, 0.2) is 30.3 Å². The van der Waals surface area contributed by atoms with Gasteiger partial charge < -0.3 is 14.9 Å². The van der Waals surface area contributed by atoms with Crippen molar-refractivity contribution in [1.82, 2.24) is 0 Å². The van der Waals surface area contributed by atoms with Crippen molar-refractivity contribution in [3.05, 3.63) is 35.9 Å². The lowest BCUT2D eigenvalue weighted by Gasteiger charge is -2.45. The molecule has 2 N–H and O–H groups in total. The molecule has 1 fully saturated rings. The monoisotopic (exact) mass is 335 g/mol. The molecule has 3 atom stereocenters. The van der Waals surface area contributed by atoms with Crippen LogP contribution >= 0.6 is 0 Å². The van der Waals surface area contributed by atoms with Crippen LogP contribution in [0.25, 0.3) is 0 Å². The van der Waals surface area contributed by atoms with Crippen molar-refractivity contribution < 1.29 is 9.16 Å². The zero-order chi connectivity index (χ0) is 17.1. The number of hydrogen-bond donors (Lipinski definition) is 1. The summed E-state index contributed by atoms with van der Waals surface area (Å²) in [6.07, 6.45) is 1.06. The highest BCUT2D eigenvalue weighted by Gasteiger charge is 2.42. The molecule has 1 aromatic rings. The van der Waals surface area contributed by atoms with Crippen LogP contribution in [0.2, 0.25) is 18.1 Å². The van der Waals surface area contributed by atoms with Crippen LogP contribution in [0.4, 0.5) is 0 Å². The van der Waals surface area contributed by atoms with Gasteiger partial charge in [-0.3, -0.25) is 0 Å². The van der Waals surface area contributed by atoms with Crippen molar-refractivity contribution in [3.8, 4) is 0 Å². The second kappa shape index (κ2) is 7.47. The van der Waals surface area contributed by atoms with Crippen LogP contribution in [0.3, 0.4) is 0 Å². The summed E-state index contributed by atoms with van der Waals surface area (Å²) >= 11 is 0. The molecule has 0 heterocycles. The molecule has 0 aliphatic heterocycles. The molecule has 1 saturated carbocycles. The van der Waals surface area contributed by atoms with Gasteiger partial charge in [0.25, 0.3) is 0 Å². The molecule has 1 aromatic carbocycles. The van der Waals surface area contributed by atoms with Gasteiger partial charge in [-0.05, 0) is 36.0 Å². The van der Waals surface area contributed by atoms with Crippen LogP contribution in [-0.4, -0.2) is 27.6 Å². The molecule has 0 amide bonds. The third-order valence-electron chi connectivity index (χ3n) is 5.62. The van der Waals surface area contributed by atoms with Gasteiger partial charge in [0.15, 0.2) is 8.32 Å². The third kappa shape index (κ3) is 4.89. The third-order valence-corrected chi connectivity index (χ3v) is 10.1. The fraction of sp³-hybridized carbons (Fsp3) is 0.684. The molecule has 0 radical (unpaired) electrons. The Bertz CT molecular complexity index is 484. The smallest absolute Gasteiger partial charge is 0.191 e. The fourth-order valence-corrected chi connectivity index (χ4v) is 3.79. The first-order valence-corrected chi connectivity index (χ1v) is 11.6. The van der Waals surface area contributed by atoms with Gasteiger partial charge >= 0.3 is 0 Å². The molecule has 0 aromatic heterocycles. The lowest BCUT2D eigenvalue weighted by atomic mass is 9.70. The van der Waals surface area contributed by atoms with Gasteiger partial charge in [-0.1, -0.05) is 51.1 Å². The highest BCUT2D eigenvalue weighted by atomic mass is 28.4. The zero-order valence-electron chi connectivity index (χ0n) is 15.3. The van der Waals surface area contributed by atoms with Gasteiger partial charge in [-0.25, -0.2) is 0 Å². The fourth-order valence-electron chi connectivity index (χ4n) is 2.72. The summed E-state index contributed by atoms with van der Waals surface area (Å²) in [7, 11) is -1.67. The summed E-state index contributed by atoms with van der Waals surface area (Å²) in [6, 6.07) is 10.6. The summed E-state index contributed by atoms with van der Waals surface area (Å²) in [6.45, 7) is 13.7. The lowest BCUT2D eigenvalue weighted by molar-refractivity contribution is -0.0112. The number of ether oxygens (including phenoxy) is 1. The predicted octanol–water partition coefficient (Wildman–Crippen LogP) is 4.19. The zero-order valence-corrected chi connectivity index (χ0v) is 16.3. The molecule has 1 aliphatic rings. The largest absolute Gasteiger partial charge is 0.417 e. The Balaban J connectivity index is 1.76. The molecule has 23 heavy (non-hydrogen) atoms. The van der Waals surface area contributed by atoms with E-state index >= 15 is 0 Å². The van der Waals surface area contributed by atoms with E-state index in [-0.39, 0.29) is 11.1 Å². The molecule has 0 saturated heterocycles. The SMILES string of the molecule is CC(C)(C)[Si](C)(C)OC[C@H]1C[C@@H](N)[C@@H]1COCc1ccccc1. The Morgan fingerprint density at radius 3 is 2.35 bits per heavy atom. The quantitative estimate of drug-likeness (QED) is 0.760. The van der Waals surface area contributed by atoms with E-state index in [9.17, 15) is 0 Å². The molecule has 3 nitrogen and oxygen atoms in total. The Hall–Kier alpha value is -0.683. The standard InChI is InChI=1S/C19H33NO2Si/c1-19(2,3)23(4,5)22-13-16-11-18(20)17(16)14-21-12-15-9-7-6-8-10-15/h6-10,16-18H,11-14,20H2,1-5H3/t16-,17-,18-/m1/s1. The molecule has 0 unspecified atom stereocenters. The second-order valence-electron chi connectivity index (χ2n) is 8.40. The maximum Gasteiger partial charge on any atom is 0.191 e. The van der Waals surface area contributed by atoms with Crippen LogP contribution < -0.4 is 5.73 Å². The van der Waals surface area contributed by atoms with Gasteiger partial charge in [0.1, 0.15) is 0 Å². The van der Waals surface area contributed by atoms with E-state index < -0.39 is 8.32 Å². The van der Waals surface area contributed by atoms with E-state index in [1.165, 1.54) is 5.56 Å². The Morgan fingerprint density at radius 1 is 1.13 bits per heavy atom. The van der Waals surface area contributed by atoms with Crippen molar-refractivity contribution in [2.75, 3.05) is 13.2 Å². The summed E-state index contributed by atoms with van der Waals surface area (Å²) < 4.78 is 12.3. The highest BCUT2D eigenvalue weighted by Crippen LogP contribution is 2.39. The van der Waals surface area contributed by atoms with Crippen molar-refractivity contribution in [2.24, 2.45) is 17.6 Å². The molecular formula is C19H33NO2Si. The van der Waals surface area contributed by atoms with Gasteiger partial charge in [-0.2, -0.15) is 0 Å². The van der Waals surface area contributed by atoms with Crippen LogP contribution in [0, 0.1) is 11.8 Å². The van der Waals surface area contributed by atoms with E-state index in [0.717, 1.165) is 19.6 Å². The van der Waals surface area contributed by atoms with Crippen molar-refractivity contribution in [2.45, 2.75) is 58.0 Å². The van der Waals surface area contributed by atoms with E-state index in [2.05, 4.69) is 46.0 Å². The summed E-state index contributed by atoms with van der Waals surface area (Å²) in [5.41, 5.74) is 7.41. The van der Waals surface area contributed by atoms with E-state index in [1.54, 1.807) is 0 Å². The van der Waals surface area contributed by atoms with Crippen molar-refractivity contribution in [1.29, 1.82) is 0 Å². The second-order valence-corrected chi connectivity index (χ2v) is 13.2. The number of benzene rings is 1. The van der Waals surface area contributed by atoms with Crippen LogP contribution in [-0.2, 0) is 15.8 Å². The lowest BCUT2D eigenvalue weighted by Crippen LogP contribution is -2.53. The van der Waals surface area contributed by atoms with Gasteiger partial charge in [0, 0.05) is 18.6 Å². The predicted molar refractivity (Wildman–Crippen MR) is 98.8 cm³/mol. The van der Waals surface area contributed by atoms with Crippen LogP contribution in [0.1, 0.15) is 32.8 Å². The van der Waals surface area contributed by atoms with E-state index in [0.29, 0.717) is 18.4 Å². The Morgan fingerprint density at radius 2 is 1.78 bits per heavy atom. The molecule has 0 bridgehead atoms. The average Bonchev–Trinajstić information content (AvgIpc) is 2.47. The first kappa shape index (κ1) is 18.7. The molecule has 0 spiro atoms. The average molecular weight is 336 g/mol. The van der Waals surface area contributed by atoms with Crippen molar-refractivity contribution >= 4 is 8.32 Å². The van der Waals surface area contributed by atoms with Gasteiger partial charge in [-0.15, -0.1) is 0 Å². The summed E-state index contributed by atoms with van der Waals surface area (Å²) in [5, 5.41) is 0.262. The highest BCUT2D eigenvalue weighted by molar-refractivity contribution is 6.74.